The van der Waals surface area contributed by atoms with Gasteiger partial charge in [0.05, 0.1) is 11.2 Å². The third-order valence-corrected chi connectivity index (χ3v) is 3.85. The molecule has 0 unspecified atom stereocenters. The van der Waals surface area contributed by atoms with E-state index < -0.39 is 0 Å². The summed E-state index contributed by atoms with van der Waals surface area (Å²) in [5, 5.41) is 3.59. The first kappa shape index (κ1) is 10.6. The van der Waals surface area contributed by atoms with Crippen LogP contribution in [0.1, 0.15) is 43.0 Å². The molecule has 17 heavy (non-hydrogen) atoms. The van der Waals surface area contributed by atoms with Crippen LogP contribution in [0.2, 0.25) is 0 Å². The van der Waals surface area contributed by atoms with E-state index in [2.05, 4.69) is 5.32 Å². The molecule has 1 aromatic carbocycles. The molecule has 3 heteroatoms. The highest BCUT2D eigenvalue weighted by Crippen LogP contribution is 2.40. The minimum atomic E-state index is 0.0978. The zero-order chi connectivity index (χ0) is 11.9. The number of rotatable bonds is 1. The number of ketones is 1. The lowest BCUT2D eigenvalue weighted by Crippen LogP contribution is -2.44. The quantitative estimate of drug-likeness (QED) is 0.755. The first-order valence-corrected chi connectivity index (χ1v) is 6.25. The van der Waals surface area contributed by atoms with E-state index in [1.807, 2.05) is 18.2 Å². The van der Waals surface area contributed by atoms with E-state index in [9.17, 15) is 4.79 Å². The summed E-state index contributed by atoms with van der Waals surface area (Å²) in [7, 11) is 0. The normalized spacial score (nSPS) is 20.5. The third kappa shape index (κ3) is 1.79. The average Bonchev–Trinajstić information content (AvgIpc) is 2.76. The van der Waals surface area contributed by atoms with Crippen molar-refractivity contribution < 1.29 is 9.53 Å². The molecule has 90 valence electrons. The molecule has 0 saturated heterocycles. The van der Waals surface area contributed by atoms with Gasteiger partial charge in [-0.2, -0.15) is 0 Å². The number of anilines is 1. The van der Waals surface area contributed by atoms with Gasteiger partial charge >= 0.3 is 0 Å². The van der Waals surface area contributed by atoms with Crippen molar-refractivity contribution in [3.8, 4) is 5.75 Å². The summed E-state index contributed by atoms with van der Waals surface area (Å²) in [6.45, 7) is 2.34. The van der Waals surface area contributed by atoms with Crippen LogP contribution in [-0.2, 0) is 0 Å². The Morgan fingerprint density at radius 3 is 2.82 bits per heavy atom. The number of fused-ring (bicyclic) bond motifs is 1. The van der Waals surface area contributed by atoms with Crippen LogP contribution < -0.4 is 10.1 Å². The predicted octanol–water partition coefficient (Wildman–Crippen LogP) is 3.01. The second kappa shape index (κ2) is 3.76. The fourth-order valence-electron chi connectivity index (χ4n) is 2.83. The summed E-state index contributed by atoms with van der Waals surface area (Å²) in [6.07, 6.45) is 4.85. The fourth-order valence-corrected chi connectivity index (χ4v) is 2.83. The summed E-state index contributed by atoms with van der Waals surface area (Å²) in [5.74, 6) is 0.966. The first-order chi connectivity index (χ1) is 8.19. The number of nitrogens with one attached hydrogen (secondary N) is 1. The Kier molecular flexibility index (Phi) is 2.35. The molecule has 1 heterocycles. The number of hydrogen-bond acceptors (Lipinski definition) is 3. The van der Waals surface area contributed by atoms with Crippen molar-refractivity contribution in [2.75, 3.05) is 11.9 Å². The molecule has 1 aliphatic carbocycles. The van der Waals surface area contributed by atoms with Gasteiger partial charge in [0, 0.05) is 5.56 Å². The molecule has 0 bridgehead atoms. The van der Waals surface area contributed by atoms with Crippen LogP contribution in [0.15, 0.2) is 18.2 Å². The maximum absolute atomic E-state index is 11.4. The predicted molar refractivity (Wildman–Crippen MR) is 66.8 cm³/mol. The number of ether oxygens (including phenoxy) is 1. The van der Waals surface area contributed by atoms with Gasteiger partial charge in [0.15, 0.2) is 5.78 Å². The summed E-state index contributed by atoms with van der Waals surface area (Å²) in [4.78, 5) is 11.4. The molecular formula is C14H17NO2. The monoisotopic (exact) mass is 231 g/mol. The van der Waals surface area contributed by atoms with Crippen molar-refractivity contribution in [1.29, 1.82) is 0 Å². The standard InChI is InChI=1S/C14H17NO2/c1-10(16)11-4-5-13-12(8-11)15-14(9-17-13)6-2-3-7-14/h4-5,8,15H,2-3,6-7,9H2,1H3. The van der Waals surface area contributed by atoms with E-state index in [4.69, 9.17) is 4.74 Å². The first-order valence-electron chi connectivity index (χ1n) is 6.25. The molecule has 1 fully saturated rings. The molecule has 2 aliphatic rings. The van der Waals surface area contributed by atoms with Crippen molar-refractivity contribution in [3.63, 3.8) is 0 Å². The van der Waals surface area contributed by atoms with Gasteiger partial charge in [-0.15, -0.1) is 0 Å². The second-order valence-corrected chi connectivity index (χ2v) is 5.17. The van der Waals surface area contributed by atoms with Crippen molar-refractivity contribution >= 4 is 11.5 Å². The summed E-state index contributed by atoms with van der Waals surface area (Å²) in [6, 6.07) is 5.63. The van der Waals surface area contributed by atoms with E-state index in [1.165, 1.54) is 12.8 Å². The minimum absolute atomic E-state index is 0.0978. The van der Waals surface area contributed by atoms with E-state index in [1.54, 1.807) is 6.92 Å². The maximum atomic E-state index is 11.4. The lowest BCUT2D eigenvalue weighted by molar-refractivity contribution is 0.101. The molecule has 3 nitrogen and oxygen atoms in total. The Balaban J connectivity index is 1.94. The zero-order valence-corrected chi connectivity index (χ0v) is 10.1. The molecule has 1 saturated carbocycles. The third-order valence-electron chi connectivity index (χ3n) is 3.85. The summed E-state index contributed by atoms with van der Waals surface area (Å²) < 4.78 is 5.82. The van der Waals surface area contributed by atoms with Crippen molar-refractivity contribution in [1.82, 2.24) is 0 Å². The van der Waals surface area contributed by atoms with E-state index in [-0.39, 0.29) is 11.3 Å². The Hall–Kier alpha value is -1.51. The van der Waals surface area contributed by atoms with Crippen LogP contribution in [0, 0.1) is 0 Å². The Bertz CT molecular complexity index is 461. The average molecular weight is 231 g/mol. The van der Waals surface area contributed by atoms with Crippen LogP contribution in [-0.4, -0.2) is 17.9 Å². The molecule has 0 amide bonds. The number of benzene rings is 1. The summed E-state index contributed by atoms with van der Waals surface area (Å²) in [5.41, 5.74) is 1.84. The van der Waals surface area contributed by atoms with Crippen LogP contribution in [0.25, 0.3) is 0 Å². The lowest BCUT2D eigenvalue weighted by Gasteiger charge is -2.36. The van der Waals surface area contributed by atoms with Gasteiger partial charge in [-0.25, -0.2) is 0 Å². The number of Topliss-reactive ketones (excluding diaryl/α,β-unsaturated/α-hetero) is 1. The smallest absolute Gasteiger partial charge is 0.159 e. The molecule has 0 aromatic heterocycles. The van der Waals surface area contributed by atoms with Crippen molar-refractivity contribution in [2.24, 2.45) is 0 Å². The Morgan fingerprint density at radius 2 is 2.12 bits per heavy atom. The number of carbonyl (C=O) groups is 1. The van der Waals surface area contributed by atoms with Crippen molar-refractivity contribution in [2.45, 2.75) is 38.1 Å². The Labute approximate surface area is 101 Å². The SMILES string of the molecule is CC(=O)c1ccc2c(c1)NC1(CCCC1)CO2. The van der Waals surface area contributed by atoms with E-state index >= 15 is 0 Å². The number of hydrogen-bond donors (Lipinski definition) is 1. The van der Waals surface area contributed by atoms with Gasteiger partial charge in [-0.05, 0) is 38.0 Å². The van der Waals surface area contributed by atoms with Gasteiger partial charge in [0.1, 0.15) is 12.4 Å². The second-order valence-electron chi connectivity index (χ2n) is 5.17. The van der Waals surface area contributed by atoms with E-state index in [0.29, 0.717) is 0 Å². The largest absolute Gasteiger partial charge is 0.489 e. The molecule has 0 atom stereocenters. The molecule has 1 aromatic rings. The van der Waals surface area contributed by atoms with E-state index in [0.717, 1.165) is 36.4 Å². The van der Waals surface area contributed by atoms with Gasteiger partial charge in [0.2, 0.25) is 0 Å². The Morgan fingerprint density at radius 1 is 1.35 bits per heavy atom. The van der Waals surface area contributed by atoms with Gasteiger partial charge in [0.25, 0.3) is 0 Å². The minimum Gasteiger partial charge on any atom is -0.489 e. The molecule has 1 aliphatic heterocycles. The molecule has 3 rings (SSSR count). The van der Waals surface area contributed by atoms with Gasteiger partial charge < -0.3 is 10.1 Å². The van der Waals surface area contributed by atoms with Crippen LogP contribution in [0.4, 0.5) is 5.69 Å². The van der Waals surface area contributed by atoms with Crippen LogP contribution in [0.3, 0.4) is 0 Å². The summed E-state index contributed by atoms with van der Waals surface area (Å²) >= 11 is 0. The number of carbonyl (C=O) groups excluding carboxylic acids is 1. The molecule has 1 spiro atoms. The topological polar surface area (TPSA) is 38.3 Å². The molecule has 1 N–H and O–H groups in total. The van der Waals surface area contributed by atoms with Gasteiger partial charge in [-0.3, -0.25) is 4.79 Å². The molecule has 0 radical (unpaired) electrons. The highest BCUT2D eigenvalue weighted by molar-refractivity contribution is 5.95. The highest BCUT2D eigenvalue weighted by Gasteiger charge is 2.38. The maximum Gasteiger partial charge on any atom is 0.159 e. The lowest BCUT2D eigenvalue weighted by atomic mass is 9.96. The van der Waals surface area contributed by atoms with Gasteiger partial charge in [-0.1, -0.05) is 12.8 Å². The zero-order valence-electron chi connectivity index (χ0n) is 10.1. The highest BCUT2D eigenvalue weighted by atomic mass is 16.5. The van der Waals surface area contributed by atoms with Crippen LogP contribution >= 0.6 is 0 Å². The molecular weight excluding hydrogens is 214 g/mol. The van der Waals surface area contributed by atoms with Crippen molar-refractivity contribution in [3.05, 3.63) is 23.8 Å². The van der Waals surface area contributed by atoms with Crippen LogP contribution in [0.5, 0.6) is 5.75 Å². The fraction of sp³-hybridized carbons (Fsp3) is 0.500.